The van der Waals surface area contributed by atoms with Crippen LogP contribution >= 0.6 is 0 Å². The van der Waals surface area contributed by atoms with Crippen LogP contribution in [0.1, 0.15) is 71.1 Å². The van der Waals surface area contributed by atoms with Gasteiger partial charge in [-0.25, -0.2) is 0 Å². The monoisotopic (exact) mass is 321 g/mol. The van der Waals surface area contributed by atoms with Crippen LogP contribution in [0.5, 0.6) is 0 Å². The van der Waals surface area contributed by atoms with Crippen molar-refractivity contribution in [2.45, 2.75) is 95.3 Å². The molecule has 2 heterocycles. The lowest BCUT2D eigenvalue weighted by atomic mass is 9.87. The highest BCUT2D eigenvalue weighted by Gasteiger charge is 2.34. The van der Waals surface area contributed by atoms with E-state index in [1.807, 2.05) is 0 Å². The Kier molecular flexibility index (Phi) is 5.57. The number of amides is 2. The summed E-state index contributed by atoms with van der Waals surface area (Å²) in [5.74, 6) is 0.511. The average Bonchev–Trinajstić information content (AvgIpc) is 2.86. The van der Waals surface area contributed by atoms with Crippen LogP contribution < -0.4 is 16.0 Å². The Morgan fingerprint density at radius 2 is 1.70 bits per heavy atom. The van der Waals surface area contributed by atoms with Crippen LogP contribution in [0.4, 0.5) is 0 Å². The third-order valence-corrected chi connectivity index (χ3v) is 5.79. The van der Waals surface area contributed by atoms with Crippen LogP contribution in [-0.2, 0) is 9.59 Å². The Hall–Kier alpha value is -1.10. The Morgan fingerprint density at radius 1 is 1.04 bits per heavy atom. The molecule has 3 rings (SSSR count). The van der Waals surface area contributed by atoms with E-state index < -0.39 is 6.04 Å². The summed E-state index contributed by atoms with van der Waals surface area (Å²) in [6, 6.07) is 0.961. The van der Waals surface area contributed by atoms with Gasteiger partial charge in [0.15, 0.2) is 0 Å². The molecule has 3 unspecified atom stereocenters. The van der Waals surface area contributed by atoms with Gasteiger partial charge in [0.2, 0.25) is 11.8 Å². The molecular formula is C18H31N3O2. The van der Waals surface area contributed by atoms with Crippen molar-refractivity contribution < 1.29 is 9.59 Å². The van der Waals surface area contributed by atoms with Crippen LogP contribution in [0, 0.1) is 5.92 Å². The number of nitrogens with one attached hydrogen (secondary N) is 3. The summed E-state index contributed by atoms with van der Waals surface area (Å²) >= 11 is 0. The molecular weight excluding hydrogens is 290 g/mol. The summed E-state index contributed by atoms with van der Waals surface area (Å²) in [6.07, 6.45) is 11.2. The van der Waals surface area contributed by atoms with Crippen LogP contribution in [0.15, 0.2) is 0 Å². The van der Waals surface area contributed by atoms with Crippen molar-refractivity contribution in [3.8, 4) is 0 Å². The summed E-state index contributed by atoms with van der Waals surface area (Å²) in [5.41, 5.74) is 0. The van der Waals surface area contributed by atoms with Gasteiger partial charge in [0, 0.05) is 24.5 Å². The topological polar surface area (TPSA) is 70.2 Å². The first-order chi connectivity index (χ1) is 11.1. The first kappa shape index (κ1) is 16.7. The van der Waals surface area contributed by atoms with Crippen molar-refractivity contribution >= 4 is 11.8 Å². The molecule has 2 bridgehead atoms. The standard InChI is InChI=1S/C18H31N3O2/c1-12(19-17(22)9-13-5-3-2-4-6-13)18(23)21-16-10-14-7-8-15(11-16)20-14/h12-16,20H,2-11H2,1H3,(H,19,22)(H,21,23). The number of carbonyl (C=O) groups excluding carboxylic acids is 2. The minimum atomic E-state index is -0.432. The van der Waals surface area contributed by atoms with Crippen LogP contribution in [0.2, 0.25) is 0 Å². The molecule has 2 saturated heterocycles. The first-order valence-electron chi connectivity index (χ1n) is 9.46. The molecule has 1 saturated carbocycles. The van der Waals surface area contributed by atoms with Crippen LogP contribution in [0.25, 0.3) is 0 Å². The van der Waals surface area contributed by atoms with E-state index in [0.29, 0.717) is 24.4 Å². The smallest absolute Gasteiger partial charge is 0.242 e. The van der Waals surface area contributed by atoms with Crippen molar-refractivity contribution in [2.75, 3.05) is 0 Å². The normalized spacial score (nSPS) is 32.3. The van der Waals surface area contributed by atoms with Gasteiger partial charge in [-0.15, -0.1) is 0 Å². The van der Waals surface area contributed by atoms with E-state index in [2.05, 4.69) is 16.0 Å². The van der Waals surface area contributed by atoms with Crippen molar-refractivity contribution in [3.05, 3.63) is 0 Å². The van der Waals surface area contributed by atoms with Crippen LogP contribution in [0.3, 0.4) is 0 Å². The molecule has 0 aromatic rings. The Morgan fingerprint density at radius 3 is 2.35 bits per heavy atom. The first-order valence-corrected chi connectivity index (χ1v) is 9.46. The number of hydrogen-bond donors (Lipinski definition) is 3. The average molecular weight is 321 g/mol. The third kappa shape index (κ3) is 4.69. The van der Waals surface area contributed by atoms with E-state index in [4.69, 9.17) is 0 Å². The zero-order valence-corrected chi connectivity index (χ0v) is 14.3. The Labute approximate surface area is 139 Å². The van der Waals surface area contributed by atoms with E-state index in [-0.39, 0.29) is 17.9 Å². The third-order valence-electron chi connectivity index (χ3n) is 5.79. The molecule has 0 spiro atoms. The second kappa shape index (κ2) is 7.65. The summed E-state index contributed by atoms with van der Waals surface area (Å²) in [5, 5.41) is 9.60. The van der Waals surface area contributed by atoms with Gasteiger partial charge in [-0.2, -0.15) is 0 Å². The highest BCUT2D eigenvalue weighted by molar-refractivity contribution is 5.87. The summed E-state index contributed by atoms with van der Waals surface area (Å²) < 4.78 is 0. The molecule has 2 aliphatic heterocycles. The predicted octanol–water partition coefficient (Wildman–Crippen LogP) is 1.86. The van der Waals surface area contributed by atoms with E-state index in [1.54, 1.807) is 6.92 Å². The second-order valence-electron chi connectivity index (χ2n) is 7.81. The number of hydrogen-bond acceptors (Lipinski definition) is 3. The van der Waals surface area contributed by atoms with Crippen LogP contribution in [-0.4, -0.2) is 36.0 Å². The van der Waals surface area contributed by atoms with Gasteiger partial charge in [0.1, 0.15) is 6.04 Å². The molecule has 5 heteroatoms. The van der Waals surface area contributed by atoms with Gasteiger partial charge in [-0.3, -0.25) is 9.59 Å². The fourth-order valence-corrected chi connectivity index (χ4v) is 4.52. The predicted molar refractivity (Wildman–Crippen MR) is 89.9 cm³/mol. The van der Waals surface area contributed by atoms with Gasteiger partial charge in [0.25, 0.3) is 0 Å². The molecule has 0 aromatic heterocycles. The zero-order chi connectivity index (χ0) is 16.2. The van der Waals surface area contributed by atoms with Crippen molar-refractivity contribution in [1.82, 2.24) is 16.0 Å². The van der Waals surface area contributed by atoms with Crippen molar-refractivity contribution in [1.29, 1.82) is 0 Å². The maximum absolute atomic E-state index is 12.3. The van der Waals surface area contributed by atoms with Gasteiger partial charge < -0.3 is 16.0 Å². The number of fused-ring (bicyclic) bond motifs is 2. The van der Waals surface area contributed by atoms with Crippen molar-refractivity contribution in [3.63, 3.8) is 0 Å². The lowest BCUT2D eigenvalue weighted by Crippen LogP contribution is -2.52. The molecule has 23 heavy (non-hydrogen) atoms. The summed E-state index contributed by atoms with van der Waals surface area (Å²) in [4.78, 5) is 24.5. The van der Waals surface area contributed by atoms with Gasteiger partial charge in [-0.1, -0.05) is 19.3 Å². The van der Waals surface area contributed by atoms with E-state index in [0.717, 1.165) is 25.7 Å². The van der Waals surface area contributed by atoms with E-state index in [9.17, 15) is 9.59 Å². The maximum Gasteiger partial charge on any atom is 0.242 e. The number of carbonyl (C=O) groups is 2. The van der Waals surface area contributed by atoms with Crippen molar-refractivity contribution in [2.24, 2.45) is 5.92 Å². The summed E-state index contributed by atoms with van der Waals surface area (Å²) in [7, 11) is 0. The van der Waals surface area contributed by atoms with E-state index in [1.165, 1.54) is 32.1 Å². The fraction of sp³-hybridized carbons (Fsp3) is 0.889. The van der Waals surface area contributed by atoms with Gasteiger partial charge in [0.05, 0.1) is 0 Å². The SMILES string of the molecule is CC(NC(=O)CC1CCCCC1)C(=O)NC1CC2CCC(C1)N2. The lowest BCUT2D eigenvalue weighted by molar-refractivity contribution is -0.129. The highest BCUT2D eigenvalue weighted by atomic mass is 16.2. The molecule has 1 aliphatic carbocycles. The minimum Gasteiger partial charge on any atom is -0.351 e. The fourth-order valence-electron chi connectivity index (χ4n) is 4.52. The minimum absolute atomic E-state index is 0.0323. The molecule has 0 radical (unpaired) electrons. The number of piperidine rings is 1. The molecule has 3 fully saturated rings. The molecule has 130 valence electrons. The lowest BCUT2D eigenvalue weighted by Gasteiger charge is -2.30. The van der Waals surface area contributed by atoms with E-state index >= 15 is 0 Å². The van der Waals surface area contributed by atoms with Gasteiger partial charge in [-0.05, 0) is 51.4 Å². The zero-order valence-electron chi connectivity index (χ0n) is 14.3. The largest absolute Gasteiger partial charge is 0.351 e. The molecule has 2 amide bonds. The second-order valence-corrected chi connectivity index (χ2v) is 7.81. The van der Waals surface area contributed by atoms with Gasteiger partial charge >= 0.3 is 0 Å². The molecule has 0 aromatic carbocycles. The molecule has 3 N–H and O–H groups in total. The molecule has 3 atom stereocenters. The Balaban J connectivity index is 1.39. The quantitative estimate of drug-likeness (QED) is 0.724. The molecule has 3 aliphatic rings. The molecule has 5 nitrogen and oxygen atoms in total. The Bertz CT molecular complexity index is 422. The number of rotatable bonds is 5. The summed E-state index contributed by atoms with van der Waals surface area (Å²) in [6.45, 7) is 1.80. The maximum atomic E-state index is 12.3. The highest BCUT2D eigenvalue weighted by Crippen LogP contribution is 2.27.